The van der Waals surface area contributed by atoms with E-state index in [4.69, 9.17) is 0 Å². The van der Waals surface area contributed by atoms with Crippen LogP contribution in [0.15, 0.2) is 0 Å². The van der Waals surface area contributed by atoms with E-state index in [-0.39, 0.29) is 11.3 Å². The lowest BCUT2D eigenvalue weighted by Gasteiger charge is -2.26. The molecule has 3 heteroatoms. The molecule has 0 aliphatic heterocycles. The Hall–Kier alpha value is -0.570. The first-order valence-corrected chi connectivity index (χ1v) is 7.34. The molecule has 1 aliphatic rings. The summed E-state index contributed by atoms with van der Waals surface area (Å²) < 4.78 is 0. The maximum atomic E-state index is 11.7. The van der Waals surface area contributed by atoms with Crippen molar-refractivity contribution in [3.05, 3.63) is 0 Å². The third-order valence-electron chi connectivity index (χ3n) is 4.00. The molecule has 1 atom stereocenters. The minimum Gasteiger partial charge on any atom is -0.391 e. The molecule has 2 N–H and O–H groups in total. The van der Waals surface area contributed by atoms with Crippen LogP contribution in [0.3, 0.4) is 0 Å². The van der Waals surface area contributed by atoms with Gasteiger partial charge in [0.1, 0.15) is 0 Å². The number of nitrogens with one attached hydrogen (secondary N) is 1. The second kappa shape index (κ2) is 7.13. The highest BCUT2D eigenvalue weighted by molar-refractivity contribution is 5.75. The number of rotatable bonds is 5. The summed E-state index contributed by atoms with van der Waals surface area (Å²) in [5.74, 6) is 0.834. The van der Waals surface area contributed by atoms with Crippen molar-refractivity contribution in [3.8, 4) is 0 Å². The monoisotopic (exact) mass is 255 g/mol. The van der Waals surface area contributed by atoms with Gasteiger partial charge in [-0.2, -0.15) is 0 Å². The molecule has 1 saturated carbocycles. The maximum Gasteiger partial charge on any atom is 0.220 e. The first-order valence-electron chi connectivity index (χ1n) is 7.34. The molecule has 0 heterocycles. The standard InChI is InChI=1S/C15H29NO2/c1-15(2,3)13(17)11-16-14(18)10-9-12-7-5-4-6-8-12/h12-13,17H,4-11H2,1-3H3,(H,16,18). The Labute approximate surface area is 111 Å². The van der Waals surface area contributed by atoms with E-state index in [0.29, 0.717) is 13.0 Å². The van der Waals surface area contributed by atoms with E-state index in [1.54, 1.807) is 0 Å². The highest BCUT2D eigenvalue weighted by atomic mass is 16.3. The normalized spacial score (nSPS) is 19.6. The van der Waals surface area contributed by atoms with Gasteiger partial charge in [-0.1, -0.05) is 52.9 Å². The van der Waals surface area contributed by atoms with Crippen LogP contribution in [0.2, 0.25) is 0 Å². The van der Waals surface area contributed by atoms with Gasteiger partial charge >= 0.3 is 0 Å². The van der Waals surface area contributed by atoms with Crippen molar-refractivity contribution in [2.24, 2.45) is 11.3 Å². The topological polar surface area (TPSA) is 49.3 Å². The lowest BCUT2D eigenvalue weighted by atomic mass is 9.86. The van der Waals surface area contributed by atoms with Crippen LogP contribution in [0, 0.1) is 11.3 Å². The molecule has 0 aromatic rings. The molecule has 0 bridgehead atoms. The maximum absolute atomic E-state index is 11.7. The van der Waals surface area contributed by atoms with Gasteiger partial charge < -0.3 is 10.4 Å². The molecule has 1 aliphatic carbocycles. The average Bonchev–Trinajstić information content (AvgIpc) is 2.33. The number of hydrogen-bond acceptors (Lipinski definition) is 2. The van der Waals surface area contributed by atoms with Crippen molar-refractivity contribution < 1.29 is 9.90 Å². The number of hydrogen-bond donors (Lipinski definition) is 2. The lowest BCUT2D eigenvalue weighted by molar-refractivity contribution is -0.122. The Morgan fingerprint density at radius 1 is 1.28 bits per heavy atom. The van der Waals surface area contributed by atoms with Gasteiger partial charge in [0.2, 0.25) is 5.91 Å². The van der Waals surface area contributed by atoms with Gasteiger partial charge in [0, 0.05) is 13.0 Å². The van der Waals surface area contributed by atoms with E-state index in [0.717, 1.165) is 12.3 Å². The molecule has 0 spiro atoms. The smallest absolute Gasteiger partial charge is 0.220 e. The molecule has 18 heavy (non-hydrogen) atoms. The molecular weight excluding hydrogens is 226 g/mol. The fraction of sp³-hybridized carbons (Fsp3) is 0.933. The quantitative estimate of drug-likeness (QED) is 0.793. The minimum absolute atomic E-state index is 0.0869. The molecule has 106 valence electrons. The van der Waals surface area contributed by atoms with Crippen LogP contribution in [0.1, 0.15) is 65.7 Å². The Balaban J connectivity index is 2.13. The summed E-state index contributed by atoms with van der Waals surface area (Å²) in [7, 11) is 0. The third-order valence-corrected chi connectivity index (χ3v) is 4.00. The van der Waals surface area contributed by atoms with E-state index in [9.17, 15) is 9.90 Å². The summed E-state index contributed by atoms with van der Waals surface area (Å²) in [6, 6.07) is 0. The van der Waals surface area contributed by atoms with Gasteiger partial charge in [0.25, 0.3) is 0 Å². The molecule has 0 aromatic heterocycles. The second-order valence-electron chi connectivity index (χ2n) is 6.73. The van der Waals surface area contributed by atoms with Gasteiger partial charge in [0.05, 0.1) is 6.10 Å². The van der Waals surface area contributed by atoms with Crippen LogP contribution in [-0.2, 0) is 4.79 Å². The van der Waals surface area contributed by atoms with Crippen molar-refractivity contribution in [1.82, 2.24) is 5.32 Å². The number of aliphatic hydroxyl groups excluding tert-OH is 1. The number of amides is 1. The zero-order valence-electron chi connectivity index (χ0n) is 12.2. The highest BCUT2D eigenvalue weighted by Gasteiger charge is 2.22. The SMILES string of the molecule is CC(C)(C)C(O)CNC(=O)CCC1CCCCC1. The zero-order chi connectivity index (χ0) is 13.6. The molecule has 3 nitrogen and oxygen atoms in total. The van der Waals surface area contributed by atoms with Gasteiger partial charge in [0.15, 0.2) is 0 Å². The summed E-state index contributed by atoms with van der Waals surface area (Å²) in [5.41, 5.74) is -0.170. The van der Waals surface area contributed by atoms with E-state index >= 15 is 0 Å². The lowest BCUT2D eigenvalue weighted by Crippen LogP contribution is -2.39. The summed E-state index contributed by atoms with van der Waals surface area (Å²) in [4.78, 5) is 11.7. The Kier molecular flexibility index (Phi) is 6.13. The van der Waals surface area contributed by atoms with Crippen molar-refractivity contribution >= 4 is 5.91 Å². The third kappa shape index (κ3) is 5.85. The molecule has 0 radical (unpaired) electrons. The van der Waals surface area contributed by atoms with Crippen molar-refractivity contribution in [3.63, 3.8) is 0 Å². The summed E-state index contributed by atoms with van der Waals surface area (Å²) in [6.45, 7) is 6.30. The van der Waals surface area contributed by atoms with Crippen molar-refractivity contribution in [2.45, 2.75) is 71.8 Å². The summed E-state index contributed by atoms with van der Waals surface area (Å²) in [5, 5.41) is 12.7. The first-order chi connectivity index (χ1) is 8.39. The van der Waals surface area contributed by atoms with Crippen LogP contribution < -0.4 is 5.32 Å². The molecule has 1 fully saturated rings. The molecule has 1 amide bonds. The predicted molar refractivity (Wildman–Crippen MR) is 74.3 cm³/mol. The summed E-state index contributed by atoms with van der Waals surface area (Å²) in [6.07, 6.45) is 7.75. The second-order valence-corrected chi connectivity index (χ2v) is 6.73. The molecular formula is C15H29NO2. The highest BCUT2D eigenvalue weighted by Crippen LogP contribution is 2.27. The molecule has 0 saturated heterocycles. The largest absolute Gasteiger partial charge is 0.391 e. The predicted octanol–water partition coefficient (Wildman–Crippen LogP) is 2.87. The Morgan fingerprint density at radius 3 is 2.44 bits per heavy atom. The van der Waals surface area contributed by atoms with Crippen LogP contribution in [0.5, 0.6) is 0 Å². The van der Waals surface area contributed by atoms with E-state index in [1.165, 1.54) is 32.1 Å². The Bertz CT molecular complexity index is 252. The Morgan fingerprint density at radius 2 is 1.89 bits per heavy atom. The minimum atomic E-state index is -0.476. The number of carbonyl (C=O) groups excluding carboxylic acids is 1. The molecule has 1 unspecified atom stereocenters. The van der Waals surface area contributed by atoms with Gasteiger partial charge in [-0.25, -0.2) is 0 Å². The van der Waals surface area contributed by atoms with Crippen LogP contribution >= 0.6 is 0 Å². The van der Waals surface area contributed by atoms with Crippen molar-refractivity contribution in [2.75, 3.05) is 6.54 Å². The van der Waals surface area contributed by atoms with Crippen LogP contribution in [0.25, 0.3) is 0 Å². The zero-order valence-corrected chi connectivity index (χ0v) is 12.2. The fourth-order valence-electron chi connectivity index (χ4n) is 2.42. The van der Waals surface area contributed by atoms with Gasteiger partial charge in [-0.05, 0) is 17.8 Å². The number of aliphatic hydroxyl groups is 1. The number of carbonyl (C=O) groups is 1. The van der Waals surface area contributed by atoms with Gasteiger partial charge in [-0.3, -0.25) is 4.79 Å². The molecule has 1 rings (SSSR count). The molecule has 0 aromatic carbocycles. The van der Waals surface area contributed by atoms with E-state index in [1.807, 2.05) is 20.8 Å². The fourth-order valence-corrected chi connectivity index (χ4v) is 2.42. The average molecular weight is 255 g/mol. The van der Waals surface area contributed by atoms with Crippen molar-refractivity contribution in [1.29, 1.82) is 0 Å². The van der Waals surface area contributed by atoms with Crippen LogP contribution in [-0.4, -0.2) is 23.7 Å². The first kappa shape index (κ1) is 15.5. The van der Waals surface area contributed by atoms with Gasteiger partial charge in [-0.15, -0.1) is 0 Å². The van der Waals surface area contributed by atoms with E-state index < -0.39 is 6.10 Å². The summed E-state index contributed by atoms with van der Waals surface area (Å²) >= 11 is 0. The van der Waals surface area contributed by atoms with E-state index in [2.05, 4.69) is 5.32 Å². The van der Waals surface area contributed by atoms with Crippen LogP contribution in [0.4, 0.5) is 0 Å².